The Labute approximate surface area is 211 Å². The number of methoxy groups -OCH3 is 1. The van der Waals surface area contributed by atoms with Crippen LogP contribution in [-0.2, 0) is 14.3 Å². The number of fused-ring (bicyclic) bond motifs is 5. The van der Waals surface area contributed by atoms with E-state index >= 15 is 0 Å². The molecule has 2 aliphatic carbocycles. The summed E-state index contributed by atoms with van der Waals surface area (Å²) in [5.41, 5.74) is 0.855. The Morgan fingerprint density at radius 2 is 1.79 bits per heavy atom. The summed E-state index contributed by atoms with van der Waals surface area (Å²) in [6, 6.07) is 6.21. The minimum absolute atomic E-state index is 0. The van der Waals surface area contributed by atoms with Crippen LogP contribution in [0.15, 0.2) is 41.4 Å². The number of ether oxygens (including phenoxy) is 1. The number of carbonyl (C=O) groups excluding carboxylic acids is 2. The first-order valence-corrected chi connectivity index (χ1v) is 11.4. The van der Waals surface area contributed by atoms with Gasteiger partial charge in [-0.3, -0.25) is 19.5 Å². The number of likely N-dealkylation sites (tertiary alicyclic amines) is 1. The van der Waals surface area contributed by atoms with Gasteiger partial charge in [0.2, 0.25) is 11.8 Å². The summed E-state index contributed by atoms with van der Waals surface area (Å²) in [7, 11) is 1.60. The Morgan fingerprint density at radius 3 is 2.36 bits per heavy atom. The molecule has 5 atom stereocenters. The number of aliphatic imine (C=N–C) groups is 1. The highest BCUT2D eigenvalue weighted by Gasteiger charge is 2.58. The van der Waals surface area contributed by atoms with Crippen LogP contribution in [-0.4, -0.2) is 56.0 Å². The fraction of sp³-hybridized carbons (Fsp3) is 0.542. The predicted molar refractivity (Wildman–Crippen MR) is 135 cm³/mol. The van der Waals surface area contributed by atoms with Crippen LogP contribution in [0.1, 0.15) is 31.4 Å². The predicted octanol–water partition coefficient (Wildman–Crippen LogP) is 2.88. The van der Waals surface area contributed by atoms with Gasteiger partial charge in [0.1, 0.15) is 11.9 Å². The normalized spacial score (nSPS) is 26.4. The highest BCUT2D eigenvalue weighted by molar-refractivity contribution is 14.0. The number of guanidine groups is 1. The highest BCUT2D eigenvalue weighted by atomic mass is 127. The van der Waals surface area contributed by atoms with E-state index in [4.69, 9.17) is 4.74 Å². The van der Waals surface area contributed by atoms with Gasteiger partial charge in [-0.05, 0) is 49.3 Å². The third-order valence-electron chi connectivity index (χ3n) is 6.70. The van der Waals surface area contributed by atoms with E-state index in [2.05, 4.69) is 27.8 Å². The van der Waals surface area contributed by atoms with Gasteiger partial charge in [0, 0.05) is 26.7 Å². The van der Waals surface area contributed by atoms with Gasteiger partial charge in [-0.15, -0.1) is 24.0 Å². The number of rotatable bonds is 9. The zero-order chi connectivity index (χ0) is 22.7. The summed E-state index contributed by atoms with van der Waals surface area (Å²) in [5.74, 6) is 0.557. The lowest BCUT2D eigenvalue weighted by Gasteiger charge is -2.18. The first kappa shape index (κ1) is 25.6. The van der Waals surface area contributed by atoms with Crippen molar-refractivity contribution in [2.75, 3.05) is 33.3 Å². The average Bonchev–Trinajstić information content (AvgIpc) is 3.47. The van der Waals surface area contributed by atoms with Crippen molar-refractivity contribution in [3.05, 3.63) is 47.8 Å². The number of amides is 2. The van der Waals surface area contributed by atoms with Gasteiger partial charge in [-0.1, -0.05) is 24.3 Å². The molecule has 2 bridgehead atoms. The van der Waals surface area contributed by atoms with Gasteiger partial charge in [0.25, 0.3) is 0 Å². The smallest absolute Gasteiger partial charge is 0.233 e. The number of hydrogen-bond acceptors (Lipinski definition) is 4. The second-order valence-corrected chi connectivity index (χ2v) is 8.60. The van der Waals surface area contributed by atoms with Crippen molar-refractivity contribution in [3.63, 3.8) is 0 Å². The van der Waals surface area contributed by atoms with Gasteiger partial charge in [0.15, 0.2) is 5.96 Å². The van der Waals surface area contributed by atoms with Crippen LogP contribution in [0.3, 0.4) is 0 Å². The zero-order valence-corrected chi connectivity index (χ0v) is 21.3. The maximum atomic E-state index is 13.2. The molecule has 1 saturated carbocycles. The number of nitrogens with zero attached hydrogens (tertiary/aromatic N) is 2. The summed E-state index contributed by atoms with van der Waals surface area (Å²) >= 11 is 0. The highest BCUT2D eigenvalue weighted by Crippen LogP contribution is 2.52. The number of hydrogen-bond donors (Lipinski definition) is 2. The maximum Gasteiger partial charge on any atom is 0.233 e. The van der Waals surface area contributed by atoms with Gasteiger partial charge in [0.05, 0.1) is 18.4 Å². The molecular formula is C24H32FIN4O3. The molecule has 7 nitrogen and oxygen atoms in total. The van der Waals surface area contributed by atoms with E-state index in [9.17, 15) is 14.0 Å². The maximum absolute atomic E-state index is 13.2. The minimum atomic E-state index is -0.287. The molecule has 9 heteroatoms. The molecule has 5 unspecified atom stereocenters. The van der Waals surface area contributed by atoms with Crippen LogP contribution in [0.4, 0.5) is 4.39 Å². The Morgan fingerprint density at radius 1 is 1.15 bits per heavy atom. The van der Waals surface area contributed by atoms with Gasteiger partial charge in [-0.25, -0.2) is 4.39 Å². The molecular weight excluding hydrogens is 538 g/mol. The Balaban J connectivity index is 0.00000306. The SMILES string of the molecule is CCNC(=NCC(OC)c1ccc(F)cc1)NCCCN1C(=O)C2C3C=CC(C3)C2C1=O.I. The van der Waals surface area contributed by atoms with E-state index in [1.54, 1.807) is 19.2 Å². The van der Waals surface area contributed by atoms with Gasteiger partial charge < -0.3 is 15.4 Å². The van der Waals surface area contributed by atoms with Crippen LogP contribution in [0.5, 0.6) is 0 Å². The minimum Gasteiger partial charge on any atom is -0.375 e. The molecule has 1 aromatic rings. The van der Waals surface area contributed by atoms with E-state index < -0.39 is 0 Å². The Hall–Kier alpha value is -2.01. The van der Waals surface area contributed by atoms with Crippen molar-refractivity contribution in [3.8, 4) is 0 Å². The number of carbonyl (C=O) groups is 2. The fourth-order valence-electron chi connectivity index (χ4n) is 5.14. The first-order chi connectivity index (χ1) is 15.5. The average molecular weight is 570 g/mol. The second-order valence-electron chi connectivity index (χ2n) is 8.60. The quantitative estimate of drug-likeness (QED) is 0.119. The third kappa shape index (κ3) is 5.40. The van der Waals surface area contributed by atoms with Crippen LogP contribution in [0.2, 0.25) is 0 Å². The monoisotopic (exact) mass is 570 g/mol. The second kappa shape index (κ2) is 11.4. The lowest BCUT2D eigenvalue weighted by Crippen LogP contribution is -2.40. The van der Waals surface area contributed by atoms with E-state index in [1.165, 1.54) is 17.0 Å². The van der Waals surface area contributed by atoms with Crippen molar-refractivity contribution in [2.45, 2.75) is 25.9 Å². The third-order valence-corrected chi connectivity index (χ3v) is 6.70. The summed E-state index contributed by atoms with van der Waals surface area (Å²) in [4.78, 5) is 31.6. The molecule has 0 radical (unpaired) electrons. The largest absolute Gasteiger partial charge is 0.375 e. The number of imide groups is 1. The van der Waals surface area contributed by atoms with E-state index in [-0.39, 0.29) is 71.4 Å². The summed E-state index contributed by atoms with van der Waals surface area (Å²) in [6.45, 7) is 4.06. The van der Waals surface area contributed by atoms with Crippen LogP contribution in [0.25, 0.3) is 0 Å². The van der Waals surface area contributed by atoms with Crippen LogP contribution in [0, 0.1) is 29.5 Å². The molecule has 2 N–H and O–H groups in total. The summed E-state index contributed by atoms with van der Waals surface area (Å²) in [5, 5.41) is 6.44. The van der Waals surface area contributed by atoms with Gasteiger partial charge in [-0.2, -0.15) is 0 Å². The summed E-state index contributed by atoms with van der Waals surface area (Å²) in [6.07, 6.45) is 5.54. The molecule has 2 amide bonds. The molecule has 3 aliphatic rings. The topological polar surface area (TPSA) is 83.0 Å². The molecule has 33 heavy (non-hydrogen) atoms. The van der Waals surface area contributed by atoms with Crippen molar-refractivity contribution >= 4 is 41.8 Å². The fourth-order valence-corrected chi connectivity index (χ4v) is 5.14. The molecule has 180 valence electrons. The lowest BCUT2D eigenvalue weighted by atomic mass is 9.85. The molecule has 1 aromatic carbocycles. The van der Waals surface area contributed by atoms with E-state index in [0.29, 0.717) is 38.6 Å². The molecule has 1 saturated heterocycles. The molecule has 2 fully saturated rings. The van der Waals surface area contributed by atoms with Gasteiger partial charge >= 0.3 is 0 Å². The lowest BCUT2D eigenvalue weighted by molar-refractivity contribution is -0.140. The van der Waals surface area contributed by atoms with E-state index in [1.807, 2.05) is 6.92 Å². The Bertz CT molecular complexity index is 877. The molecule has 0 spiro atoms. The van der Waals surface area contributed by atoms with Crippen LogP contribution < -0.4 is 10.6 Å². The molecule has 1 heterocycles. The number of halogens is 2. The van der Waals surface area contributed by atoms with Crippen molar-refractivity contribution < 1.29 is 18.7 Å². The summed E-state index contributed by atoms with van der Waals surface area (Å²) < 4.78 is 18.7. The first-order valence-electron chi connectivity index (χ1n) is 11.4. The number of nitrogens with one attached hydrogen (secondary N) is 2. The van der Waals surface area contributed by atoms with Crippen molar-refractivity contribution in [1.82, 2.24) is 15.5 Å². The van der Waals surface area contributed by atoms with E-state index in [0.717, 1.165) is 12.0 Å². The Kier molecular flexibility index (Phi) is 8.86. The number of benzene rings is 1. The molecule has 4 rings (SSSR count). The van der Waals surface area contributed by atoms with Crippen LogP contribution >= 0.6 is 24.0 Å². The standard InChI is InChI=1S/C24H31FN4O3.HI/c1-3-26-24(28-14-19(32-2)15-7-9-18(25)10-8-15)27-11-4-12-29-22(30)20-16-5-6-17(13-16)21(20)23(29)31;/h5-10,16-17,19-21H,3-4,11-14H2,1-2H3,(H2,26,27,28);1H. The number of allylic oxidation sites excluding steroid dienone is 2. The zero-order valence-electron chi connectivity index (χ0n) is 19.0. The molecule has 1 aliphatic heterocycles. The van der Waals surface area contributed by atoms with Crippen molar-refractivity contribution in [1.29, 1.82) is 0 Å². The van der Waals surface area contributed by atoms with Crippen molar-refractivity contribution in [2.24, 2.45) is 28.7 Å². The molecule has 0 aromatic heterocycles.